The van der Waals surface area contributed by atoms with E-state index in [4.69, 9.17) is 0 Å². The lowest BCUT2D eigenvalue weighted by molar-refractivity contribution is -0.141. The smallest absolute Gasteiger partial charge is 0.367 e. The van der Waals surface area contributed by atoms with Crippen molar-refractivity contribution in [1.82, 2.24) is 34.6 Å². The highest BCUT2D eigenvalue weighted by molar-refractivity contribution is 5.98. The van der Waals surface area contributed by atoms with E-state index < -0.39 is 48.6 Å². The lowest BCUT2D eigenvalue weighted by atomic mass is 9.88. The van der Waals surface area contributed by atoms with Gasteiger partial charge in [0.15, 0.2) is 17.2 Å². The first-order valence-corrected chi connectivity index (χ1v) is 10.6. The summed E-state index contributed by atoms with van der Waals surface area (Å²) >= 11 is 0. The fourth-order valence-electron chi connectivity index (χ4n) is 4.04. The van der Waals surface area contributed by atoms with E-state index in [1.165, 1.54) is 23.3 Å². The molecule has 2 unspecified atom stereocenters. The molecule has 14 heteroatoms. The van der Waals surface area contributed by atoms with E-state index in [1.54, 1.807) is 20.0 Å². The lowest BCUT2D eigenvalue weighted by Gasteiger charge is -2.43. The maximum atomic E-state index is 14.5. The fourth-order valence-corrected chi connectivity index (χ4v) is 4.04. The molecule has 0 saturated carbocycles. The number of nitrogens with one attached hydrogen (secondary N) is 1. The largest absolute Gasteiger partial charge is 0.434 e. The van der Waals surface area contributed by atoms with Crippen LogP contribution < -0.4 is 5.32 Å². The van der Waals surface area contributed by atoms with Crippen molar-refractivity contribution in [1.29, 1.82) is 0 Å². The molecular formula is C21H21F5N8O. The Kier molecular flexibility index (Phi) is 6.38. The van der Waals surface area contributed by atoms with Crippen LogP contribution in [0.1, 0.15) is 29.5 Å². The minimum absolute atomic E-state index is 0.0196. The number of alkyl halides is 5. The first kappa shape index (κ1) is 24.4. The van der Waals surface area contributed by atoms with Crippen LogP contribution in [0.3, 0.4) is 0 Å². The van der Waals surface area contributed by atoms with Crippen molar-refractivity contribution in [3.63, 3.8) is 0 Å². The summed E-state index contributed by atoms with van der Waals surface area (Å²) in [7, 11) is 1.58. The number of rotatable bonds is 5. The van der Waals surface area contributed by atoms with E-state index in [9.17, 15) is 26.7 Å². The Morgan fingerprint density at radius 3 is 2.51 bits per heavy atom. The Bertz CT molecular complexity index is 1180. The molecule has 9 nitrogen and oxygen atoms in total. The van der Waals surface area contributed by atoms with Crippen LogP contribution in [-0.2, 0) is 13.2 Å². The zero-order valence-corrected chi connectivity index (χ0v) is 18.7. The molecule has 35 heavy (non-hydrogen) atoms. The van der Waals surface area contributed by atoms with Gasteiger partial charge in [-0.05, 0) is 12.0 Å². The molecule has 2 atom stereocenters. The molecule has 3 aromatic rings. The monoisotopic (exact) mass is 496 g/mol. The van der Waals surface area contributed by atoms with E-state index in [0.29, 0.717) is 11.8 Å². The van der Waals surface area contributed by atoms with Crippen molar-refractivity contribution in [2.75, 3.05) is 18.4 Å². The molecule has 1 aliphatic rings. The minimum Gasteiger partial charge on any atom is -0.367 e. The lowest BCUT2D eigenvalue weighted by Crippen LogP contribution is -2.57. The molecule has 0 spiro atoms. The molecule has 1 saturated heterocycles. The molecule has 1 amide bonds. The number of carbonyl (C=O) groups is 1. The van der Waals surface area contributed by atoms with Crippen LogP contribution in [0.2, 0.25) is 0 Å². The number of aromatic nitrogens is 6. The van der Waals surface area contributed by atoms with E-state index in [2.05, 4.69) is 30.4 Å². The van der Waals surface area contributed by atoms with Gasteiger partial charge in [-0.3, -0.25) is 9.48 Å². The van der Waals surface area contributed by atoms with Crippen molar-refractivity contribution in [2.24, 2.45) is 13.0 Å². The van der Waals surface area contributed by atoms with E-state index in [-0.39, 0.29) is 23.9 Å². The predicted molar refractivity (Wildman–Crippen MR) is 113 cm³/mol. The highest BCUT2D eigenvalue weighted by Gasteiger charge is 2.47. The normalized spacial score (nSPS) is 20.0. The van der Waals surface area contributed by atoms with Gasteiger partial charge in [0.25, 0.3) is 11.8 Å². The van der Waals surface area contributed by atoms with Gasteiger partial charge in [-0.15, -0.1) is 0 Å². The van der Waals surface area contributed by atoms with Crippen LogP contribution in [0.25, 0.3) is 11.4 Å². The molecule has 1 fully saturated rings. The third-order valence-corrected chi connectivity index (χ3v) is 5.61. The summed E-state index contributed by atoms with van der Waals surface area (Å²) in [5, 5.41) is 6.98. The Hall–Kier alpha value is -3.71. The quantitative estimate of drug-likeness (QED) is 0.541. The predicted octanol–water partition coefficient (Wildman–Crippen LogP) is 3.28. The van der Waals surface area contributed by atoms with Crippen molar-refractivity contribution in [3.8, 4) is 11.4 Å². The summed E-state index contributed by atoms with van der Waals surface area (Å²) in [5.74, 6) is -4.26. The van der Waals surface area contributed by atoms with Gasteiger partial charge in [0.2, 0.25) is 0 Å². The van der Waals surface area contributed by atoms with Crippen LogP contribution >= 0.6 is 0 Å². The summed E-state index contributed by atoms with van der Waals surface area (Å²) in [5.41, 5.74) is -0.945. The fraction of sp³-hybridized carbons (Fsp3) is 0.429. The van der Waals surface area contributed by atoms with Gasteiger partial charge in [0.05, 0.1) is 30.5 Å². The van der Waals surface area contributed by atoms with Crippen molar-refractivity contribution in [2.45, 2.75) is 31.5 Å². The molecule has 0 radical (unpaired) electrons. The summed E-state index contributed by atoms with van der Waals surface area (Å²) in [6, 6.07) is 0.873. The number of halogens is 5. The highest BCUT2D eigenvalue weighted by atomic mass is 19.4. The van der Waals surface area contributed by atoms with Crippen LogP contribution in [0.4, 0.5) is 27.8 Å². The zero-order chi connectivity index (χ0) is 25.4. The van der Waals surface area contributed by atoms with Gasteiger partial charge in [-0.2, -0.15) is 18.3 Å². The maximum absolute atomic E-state index is 14.5. The Morgan fingerprint density at radius 1 is 1.17 bits per heavy atom. The maximum Gasteiger partial charge on any atom is 0.434 e. The first-order chi connectivity index (χ1) is 16.4. The molecular weight excluding hydrogens is 475 g/mol. The number of carbonyl (C=O) groups excluding carboxylic acids is 1. The van der Waals surface area contributed by atoms with E-state index in [0.717, 1.165) is 11.1 Å². The SMILES string of the molecule is CC1CC(F)(F)CN(C(=O)c2nn(C)cc2-c2ncccn2)C1CNc1cnc(C(F)(F)F)cn1. The number of aryl methyl sites for hydroxylation is 1. The Balaban J connectivity index is 1.60. The van der Waals surface area contributed by atoms with Crippen molar-refractivity contribution in [3.05, 3.63) is 48.4 Å². The molecule has 186 valence electrons. The van der Waals surface area contributed by atoms with Crippen LogP contribution in [0, 0.1) is 5.92 Å². The van der Waals surface area contributed by atoms with Crippen molar-refractivity contribution < 1.29 is 26.7 Å². The Labute approximate surface area is 196 Å². The summed E-state index contributed by atoms with van der Waals surface area (Å²) < 4.78 is 68.6. The molecule has 1 N–H and O–H groups in total. The average molecular weight is 496 g/mol. The number of hydrogen-bond donors (Lipinski definition) is 1. The number of piperidine rings is 1. The van der Waals surface area contributed by atoms with E-state index >= 15 is 0 Å². The average Bonchev–Trinajstić information content (AvgIpc) is 3.19. The third-order valence-electron chi connectivity index (χ3n) is 5.61. The number of anilines is 1. The van der Waals surface area contributed by atoms with Gasteiger partial charge in [-0.25, -0.2) is 28.7 Å². The van der Waals surface area contributed by atoms with Gasteiger partial charge in [0, 0.05) is 38.6 Å². The first-order valence-electron chi connectivity index (χ1n) is 10.6. The van der Waals surface area contributed by atoms with Crippen LogP contribution in [0.15, 0.2) is 37.1 Å². The molecule has 1 aliphatic heterocycles. The standard InChI is InChI=1S/C21H21F5N8O/c1-12-6-20(22,23)11-34(14(12)7-30-16-9-29-15(8-31-16)21(24,25)26)19(35)17-13(10-33(2)32-17)18-27-4-3-5-28-18/h3-5,8-10,12,14H,6-7,11H2,1-2H3,(H,30,31). The summed E-state index contributed by atoms with van der Waals surface area (Å²) in [6.45, 7) is 0.706. The minimum atomic E-state index is -4.64. The molecule has 0 aliphatic carbocycles. The zero-order valence-electron chi connectivity index (χ0n) is 18.7. The number of hydrogen-bond acceptors (Lipinski definition) is 7. The number of amides is 1. The molecule has 4 heterocycles. The van der Waals surface area contributed by atoms with E-state index in [1.807, 2.05) is 0 Å². The second-order valence-electron chi connectivity index (χ2n) is 8.34. The second kappa shape index (κ2) is 9.15. The number of likely N-dealkylation sites (tertiary alicyclic amines) is 1. The summed E-state index contributed by atoms with van der Waals surface area (Å²) in [4.78, 5) is 29.8. The van der Waals surface area contributed by atoms with Crippen LogP contribution in [0.5, 0.6) is 0 Å². The van der Waals surface area contributed by atoms with Gasteiger partial charge < -0.3 is 10.2 Å². The molecule has 0 bridgehead atoms. The summed E-state index contributed by atoms with van der Waals surface area (Å²) in [6.07, 6.45) is 0.875. The van der Waals surface area contributed by atoms with Gasteiger partial charge in [-0.1, -0.05) is 6.92 Å². The molecule has 0 aromatic carbocycles. The van der Waals surface area contributed by atoms with Crippen molar-refractivity contribution >= 4 is 11.7 Å². The highest BCUT2D eigenvalue weighted by Crippen LogP contribution is 2.36. The second-order valence-corrected chi connectivity index (χ2v) is 8.34. The topological polar surface area (TPSA) is 102 Å². The van der Waals surface area contributed by atoms with Gasteiger partial charge >= 0.3 is 6.18 Å². The van der Waals surface area contributed by atoms with Gasteiger partial charge in [0.1, 0.15) is 5.82 Å². The third kappa shape index (κ3) is 5.35. The van der Waals surface area contributed by atoms with Crippen LogP contribution in [-0.4, -0.2) is 65.6 Å². The molecule has 4 rings (SSSR count). The number of nitrogens with zero attached hydrogens (tertiary/aromatic N) is 7. The molecule has 3 aromatic heterocycles. The Morgan fingerprint density at radius 2 is 1.89 bits per heavy atom.